The lowest BCUT2D eigenvalue weighted by Gasteiger charge is -2.41. The third kappa shape index (κ3) is 3.88. The van der Waals surface area contributed by atoms with Crippen molar-refractivity contribution in [2.75, 3.05) is 19.8 Å². The number of ether oxygens (including phenoxy) is 3. The van der Waals surface area contributed by atoms with Crippen molar-refractivity contribution in [2.45, 2.75) is 43.7 Å². The molecule has 3 N–H and O–H groups in total. The number of hydrogen-bond donors (Lipinski definition) is 3. The summed E-state index contributed by atoms with van der Waals surface area (Å²) in [6.07, 6.45) is 0.965. The van der Waals surface area contributed by atoms with Crippen LogP contribution in [-0.4, -0.2) is 76.1 Å². The number of fused-ring (bicyclic) bond motifs is 6. The Balaban J connectivity index is 1.58. The van der Waals surface area contributed by atoms with Gasteiger partial charge in [0.15, 0.2) is 6.29 Å². The zero-order chi connectivity index (χ0) is 16.2. The quantitative estimate of drug-likeness (QED) is 0.601. The Kier molecular flexibility index (Phi) is 5.23. The van der Waals surface area contributed by atoms with Gasteiger partial charge in [0, 0.05) is 25.5 Å². The molecule has 0 spiro atoms. The van der Waals surface area contributed by atoms with Gasteiger partial charge in [0.1, 0.15) is 31.0 Å². The number of carbonyl (C=O) groups excluding carboxylic acids is 1. The van der Waals surface area contributed by atoms with Crippen LogP contribution >= 0.6 is 0 Å². The van der Waals surface area contributed by atoms with E-state index >= 15 is 0 Å². The number of nitrogens with one attached hydrogen (secondary N) is 1. The van der Waals surface area contributed by atoms with Gasteiger partial charge in [-0.3, -0.25) is 4.79 Å². The number of aromatic nitrogens is 2. The molecule has 9 heteroatoms. The summed E-state index contributed by atoms with van der Waals surface area (Å²) in [5.41, 5.74) is 0. The van der Waals surface area contributed by atoms with Gasteiger partial charge < -0.3 is 34.3 Å². The van der Waals surface area contributed by atoms with E-state index in [-0.39, 0.29) is 19.0 Å². The van der Waals surface area contributed by atoms with E-state index in [4.69, 9.17) is 14.2 Å². The lowest BCUT2D eigenvalue weighted by Crippen LogP contribution is -2.61. The highest BCUT2D eigenvalue weighted by atomic mass is 16.7. The molecule has 0 aromatic carbocycles. The first-order valence-electron chi connectivity index (χ1n) is 7.62. The number of carbonyl (C=O) groups is 1. The summed E-state index contributed by atoms with van der Waals surface area (Å²) in [5, 5.41) is 22.9. The van der Waals surface area contributed by atoms with Crippen molar-refractivity contribution in [1.29, 1.82) is 0 Å². The summed E-state index contributed by atoms with van der Waals surface area (Å²) >= 11 is 0. The first-order valence-corrected chi connectivity index (χ1v) is 7.62. The molecule has 0 radical (unpaired) electrons. The van der Waals surface area contributed by atoms with Gasteiger partial charge in [0.2, 0.25) is 5.91 Å². The standard InChI is InChI=1S/C14H21N3O6/c18-10(7-17-3-2-15-8-17)16-6-9-13-11(19)12(20)14(23-9)22-5-1-4-21-13/h2-3,8-9,11-14,19-20H,1,4-7H2,(H,16,18). The van der Waals surface area contributed by atoms with Gasteiger partial charge in [-0.1, -0.05) is 0 Å². The molecule has 3 aliphatic rings. The van der Waals surface area contributed by atoms with Crippen molar-refractivity contribution in [3.05, 3.63) is 18.7 Å². The Morgan fingerprint density at radius 1 is 1.30 bits per heavy atom. The molecule has 5 unspecified atom stereocenters. The van der Waals surface area contributed by atoms with Crippen LogP contribution < -0.4 is 5.32 Å². The van der Waals surface area contributed by atoms with Crippen LogP contribution in [0.4, 0.5) is 0 Å². The maximum Gasteiger partial charge on any atom is 0.240 e. The SMILES string of the molecule is O=C(Cn1ccnc1)NCC1OC2OCCCOC1C(O)C2O. The molecule has 4 heterocycles. The van der Waals surface area contributed by atoms with Crippen molar-refractivity contribution < 1.29 is 29.2 Å². The number of hydrogen-bond acceptors (Lipinski definition) is 7. The molecule has 3 fully saturated rings. The second-order valence-corrected chi connectivity index (χ2v) is 5.62. The number of amides is 1. The third-order valence-corrected chi connectivity index (χ3v) is 3.91. The molecule has 0 aliphatic carbocycles. The summed E-state index contributed by atoms with van der Waals surface area (Å²) in [6, 6.07) is 0. The highest BCUT2D eigenvalue weighted by Gasteiger charge is 2.46. The molecule has 3 saturated heterocycles. The third-order valence-electron chi connectivity index (χ3n) is 3.91. The summed E-state index contributed by atoms with van der Waals surface area (Å²) in [5.74, 6) is -0.210. The molecule has 0 saturated carbocycles. The average molecular weight is 327 g/mol. The normalized spacial score (nSPS) is 34.4. The van der Waals surface area contributed by atoms with Crippen LogP contribution in [0.1, 0.15) is 6.42 Å². The summed E-state index contributed by atoms with van der Waals surface area (Å²) in [4.78, 5) is 15.8. The van der Waals surface area contributed by atoms with Gasteiger partial charge in [-0.2, -0.15) is 0 Å². The van der Waals surface area contributed by atoms with Crippen LogP contribution in [0.3, 0.4) is 0 Å². The second-order valence-electron chi connectivity index (χ2n) is 5.62. The van der Waals surface area contributed by atoms with E-state index in [1.54, 1.807) is 23.3 Å². The molecule has 1 aromatic heterocycles. The minimum Gasteiger partial charge on any atom is -0.387 e. The Morgan fingerprint density at radius 3 is 2.91 bits per heavy atom. The fraction of sp³-hybridized carbons (Fsp3) is 0.714. The molecule has 5 atom stereocenters. The maximum atomic E-state index is 11.9. The fourth-order valence-electron chi connectivity index (χ4n) is 2.71. The van der Waals surface area contributed by atoms with Gasteiger partial charge in [-0.25, -0.2) is 4.98 Å². The zero-order valence-electron chi connectivity index (χ0n) is 12.6. The molecule has 3 aliphatic heterocycles. The zero-order valence-corrected chi connectivity index (χ0v) is 12.6. The monoisotopic (exact) mass is 327 g/mol. The Labute approximate surface area is 133 Å². The van der Waals surface area contributed by atoms with Crippen molar-refractivity contribution >= 4 is 5.91 Å². The summed E-state index contributed by atoms with van der Waals surface area (Å²) in [6.45, 7) is 1.07. The number of aliphatic hydroxyl groups is 2. The van der Waals surface area contributed by atoms with Crippen LogP contribution in [-0.2, 0) is 25.5 Å². The van der Waals surface area contributed by atoms with Gasteiger partial charge in [0.05, 0.1) is 12.9 Å². The molecule has 1 aromatic rings. The largest absolute Gasteiger partial charge is 0.387 e. The smallest absolute Gasteiger partial charge is 0.240 e. The maximum absolute atomic E-state index is 11.9. The molecule has 9 nitrogen and oxygen atoms in total. The van der Waals surface area contributed by atoms with Crippen LogP contribution in [0.5, 0.6) is 0 Å². The van der Waals surface area contributed by atoms with Gasteiger partial charge >= 0.3 is 0 Å². The minimum atomic E-state index is -1.17. The lowest BCUT2D eigenvalue weighted by atomic mass is 9.98. The van der Waals surface area contributed by atoms with Crippen LogP contribution in [0.15, 0.2) is 18.7 Å². The Bertz CT molecular complexity index is 509. The van der Waals surface area contributed by atoms with E-state index in [0.717, 1.165) is 0 Å². The van der Waals surface area contributed by atoms with E-state index in [9.17, 15) is 15.0 Å². The molecule has 2 bridgehead atoms. The minimum absolute atomic E-state index is 0.142. The molecular formula is C14H21N3O6. The number of aliphatic hydroxyl groups excluding tert-OH is 2. The Morgan fingerprint density at radius 2 is 2.13 bits per heavy atom. The number of imidazole rings is 1. The van der Waals surface area contributed by atoms with Crippen molar-refractivity contribution in [3.63, 3.8) is 0 Å². The van der Waals surface area contributed by atoms with Crippen molar-refractivity contribution in [3.8, 4) is 0 Å². The van der Waals surface area contributed by atoms with Crippen molar-refractivity contribution in [2.24, 2.45) is 0 Å². The number of nitrogens with zero attached hydrogens (tertiary/aromatic N) is 2. The van der Waals surface area contributed by atoms with Crippen LogP contribution in [0.2, 0.25) is 0 Å². The molecule has 23 heavy (non-hydrogen) atoms. The predicted molar refractivity (Wildman–Crippen MR) is 76.2 cm³/mol. The van der Waals surface area contributed by atoms with Gasteiger partial charge in [-0.15, -0.1) is 0 Å². The molecule has 128 valence electrons. The first-order chi connectivity index (χ1) is 11.1. The van der Waals surface area contributed by atoms with E-state index in [1.807, 2.05) is 0 Å². The highest BCUT2D eigenvalue weighted by molar-refractivity contribution is 5.75. The molecule has 1 amide bonds. The van der Waals surface area contributed by atoms with Crippen molar-refractivity contribution in [1.82, 2.24) is 14.9 Å². The van der Waals surface area contributed by atoms with Crippen LogP contribution in [0.25, 0.3) is 0 Å². The second kappa shape index (κ2) is 7.37. The van der Waals surface area contributed by atoms with Gasteiger partial charge in [0.25, 0.3) is 0 Å². The van der Waals surface area contributed by atoms with E-state index < -0.39 is 30.7 Å². The van der Waals surface area contributed by atoms with E-state index in [1.165, 1.54) is 0 Å². The summed E-state index contributed by atoms with van der Waals surface area (Å²) in [7, 11) is 0. The average Bonchev–Trinajstić information content (AvgIpc) is 3.07. The van der Waals surface area contributed by atoms with E-state index in [2.05, 4.69) is 10.3 Å². The fourth-order valence-corrected chi connectivity index (χ4v) is 2.71. The highest BCUT2D eigenvalue weighted by Crippen LogP contribution is 2.25. The molecular weight excluding hydrogens is 306 g/mol. The topological polar surface area (TPSA) is 115 Å². The lowest BCUT2D eigenvalue weighted by molar-refractivity contribution is -0.292. The van der Waals surface area contributed by atoms with Crippen LogP contribution in [0, 0.1) is 0 Å². The predicted octanol–water partition coefficient (Wildman–Crippen LogP) is -1.75. The first kappa shape index (κ1) is 16.3. The Hall–Kier alpha value is -1.52. The van der Waals surface area contributed by atoms with Gasteiger partial charge in [-0.05, 0) is 6.42 Å². The summed E-state index contributed by atoms with van der Waals surface area (Å²) < 4.78 is 18.3. The number of rotatable bonds is 4. The molecule has 4 rings (SSSR count). The van der Waals surface area contributed by atoms with E-state index in [0.29, 0.717) is 19.6 Å².